The topological polar surface area (TPSA) is 97.1 Å². The van der Waals surface area contributed by atoms with Crippen molar-refractivity contribution in [3.63, 3.8) is 0 Å². The van der Waals surface area contributed by atoms with Gasteiger partial charge in [-0.05, 0) is 49.4 Å². The van der Waals surface area contributed by atoms with Crippen molar-refractivity contribution in [2.45, 2.75) is 18.4 Å². The third-order valence-corrected chi connectivity index (χ3v) is 4.63. The lowest BCUT2D eigenvalue weighted by molar-refractivity contribution is 0.588. The smallest absolute Gasteiger partial charge is 0.240 e. The van der Waals surface area contributed by atoms with Crippen LogP contribution in [0.15, 0.2) is 41.6 Å². The Morgan fingerprint density at radius 2 is 2.05 bits per heavy atom. The third-order valence-electron chi connectivity index (χ3n) is 3.22. The summed E-state index contributed by atoms with van der Waals surface area (Å²) in [7, 11) is -2.11. The van der Waals surface area contributed by atoms with Gasteiger partial charge >= 0.3 is 0 Å². The molecule has 1 heterocycles. The molecule has 2 aromatic rings. The van der Waals surface area contributed by atoms with Crippen molar-refractivity contribution in [3.8, 4) is 0 Å². The van der Waals surface area contributed by atoms with E-state index < -0.39 is 10.0 Å². The van der Waals surface area contributed by atoms with Crippen LogP contribution in [-0.4, -0.2) is 20.4 Å². The molecular weight excluding hydrogens is 288 g/mol. The SMILES string of the molecule is CNS(=O)(=O)c1ccc(N)c(NCc2cnccc2C)c1. The number of hydrogen-bond acceptors (Lipinski definition) is 5. The minimum Gasteiger partial charge on any atom is -0.397 e. The number of benzene rings is 1. The molecule has 2 rings (SSSR count). The number of nitrogen functional groups attached to an aromatic ring is 1. The van der Waals surface area contributed by atoms with Gasteiger partial charge in [-0.2, -0.15) is 0 Å². The van der Waals surface area contributed by atoms with Gasteiger partial charge in [0.2, 0.25) is 10.0 Å². The normalized spacial score (nSPS) is 11.3. The Hall–Kier alpha value is -2.12. The Bertz CT molecular complexity index is 744. The number of hydrogen-bond donors (Lipinski definition) is 3. The average Bonchev–Trinajstić information content (AvgIpc) is 2.47. The lowest BCUT2D eigenvalue weighted by Crippen LogP contribution is -2.19. The summed E-state index contributed by atoms with van der Waals surface area (Å²) in [5.41, 5.74) is 9.09. The maximum absolute atomic E-state index is 11.8. The van der Waals surface area contributed by atoms with E-state index in [1.165, 1.54) is 19.2 Å². The molecule has 0 saturated heterocycles. The number of nitrogens with zero attached hydrogens (tertiary/aromatic N) is 1. The lowest BCUT2D eigenvalue weighted by atomic mass is 10.1. The highest BCUT2D eigenvalue weighted by molar-refractivity contribution is 7.89. The van der Waals surface area contributed by atoms with Crippen LogP contribution in [0.3, 0.4) is 0 Å². The molecule has 0 aliphatic rings. The summed E-state index contributed by atoms with van der Waals surface area (Å²) < 4.78 is 25.9. The minimum atomic E-state index is -3.49. The maximum atomic E-state index is 11.8. The Balaban J connectivity index is 2.24. The molecule has 0 unspecified atom stereocenters. The fraction of sp³-hybridized carbons (Fsp3) is 0.214. The zero-order chi connectivity index (χ0) is 15.5. The molecule has 4 N–H and O–H groups in total. The molecule has 0 atom stereocenters. The molecule has 0 fully saturated rings. The van der Waals surface area contributed by atoms with Gasteiger partial charge < -0.3 is 11.1 Å². The Labute approximate surface area is 124 Å². The summed E-state index contributed by atoms with van der Waals surface area (Å²) in [6, 6.07) is 6.49. The lowest BCUT2D eigenvalue weighted by Gasteiger charge is -2.12. The van der Waals surface area contributed by atoms with Gasteiger partial charge in [0, 0.05) is 18.9 Å². The van der Waals surface area contributed by atoms with E-state index in [1.54, 1.807) is 18.5 Å². The van der Waals surface area contributed by atoms with Crippen LogP contribution in [0.2, 0.25) is 0 Å². The maximum Gasteiger partial charge on any atom is 0.240 e. The number of aromatic nitrogens is 1. The van der Waals surface area contributed by atoms with E-state index in [9.17, 15) is 8.42 Å². The first kappa shape index (κ1) is 15.3. The van der Waals surface area contributed by atoms with Gasteiger partial charge in [0.25, 0.3) is 0 Å². The summed E-state index contributed by atoms with van der Waals surface area (Å²) in [6.45, 7) is 2.51. The van der Waals surface area contributed by atoms with Crippen LogP contribution in [0, 0.1) is 6.92 Å². The first-order chi connectivity index (χ1) is 9.94. The van der Waals surface area contributed by atoms with Crippen molar-refractivity contribution >= 4 is 21.4 Å². The van der Waals surface area contributed by atoms with Crippen LogP contribution in [0.5, 0.6) is 0 Å². The predicted molar refractivity (Wildman–Crippen MR) is 83.4 cm³/mol. The Morgan fingerprint density at radius 3 is 2.71 bits per heavy atom. The molecule has 7 heteroatoms. The highest BCUT2D eigenvalue weighted by Crippen LogP contribution is 2.23. The van der Waals surface area contributed by atoms with Gasteiger partial charge in [-0.25, -0.2) is 13.1 Å². The van der Waals surface area contributed by atoms with Gasteiger partial charge in [0.1, 0.15) is 0 Å². The van der Waals surface area contributed by atoms with E-state index >= 15 is 0 Å². The quantitative estimate of drug-likeness (QED) is 0.727. The number of nitrogens with two attached hydrogens (primary N) is 1. The van der Waals surface area contributed by atoms with Gasteiger partial charge in [-0.15, -0.1) is 0 Å². The molecular formula is C14H18N4O2S. The van der Waals surface area contributed by atoms with E-state index in [0.29, 0.717) is 17.9 Å². The highest BCUT2D eigenvalue weighted by Gasteiger charge is 2.13. The second-order valence-corrected chi connectivity index (χ2v) is 6.50. The summed E-state index contributed by atoms with van der Waals surface area (Å²) in [5, 5.41) is 3.15. The molecule has 0 radical (unpaired) electrons. The molecule has 21 heavy (non-hydrogen) atoms. The minimum absolute atomic E-state index is 0.171. The molecule has 0 bridgehead atoms. The fourth-order valence-electron chi connectivity index (χ4n) is 1.85. The molecule has 0 aliphatic heterocycles. The number of sulfonamides is 1. The second-order valence-electron chi connectivity index (χ2n) is 4.61. The fourth-order valence-corrected chi connectivity index (χ4v) is 2.60. The van der Waals surface area contributed by atoms with Crippen molar-refractivity contribution in [3.05, 3.63) is 47.8 Å². The van der Waals surface area contributed by atoms with Gasteiger partial charge in [-0.3, -0.25) is 4.98 Å². The molecule has 0 spiro atoms. The van der Waals surface area contributed by atoms with Crippen molar-refractivity contribution in [2.24, 2.45) is 0 Å². The first-order valence-corrected chi connectivity index (χ1v) is 7.89. The largest absolute Gasteiger partial charge is 0.397 e. The van der Waals surface area contributed by atoms with E-state index in [4.69, 9.17) is 5.73 Å². The Kier molecular flexibility index (Phi) is 4.44. The van der Waals surface area contributed by atoms with Crippen molar-refractivity contribution in [1.82, 2.24) is 9.71 Å². The number of anilines is 2. The van der Waals surface area contributed by atoms with E-state index in [1.807, 2.05) is 13.0 Å². The van der Waals surface area contributed by atoms with E-state index in [0.717, 1.165) is 11.1 Å². The molecule has 1 aromatic heterocycles. The van der Waals surface area contributed by atoms with Crippen LogP contribution in [0.1, 0.15) is 11.1 Å². The van der Waals surface area contributed by atoms with Crippen molar-refractivity contribution in [1.29, 1.82) is 0 Å². The van der Waals surface area contributed by atoms with Gasteiger partial charge in [0.15, 0.2) is 0 Å². The van der Waals surface area contributed by atoms with Crippen LogP contribution >= 0.6 is 0 Å². The zero-order valence-electron chi connectivity index (χ0n) is 11.9. The van der Waals surface area contributed by atoms with Gasteiger partial charge in [-0.1, -0.05) is 0 Å². The summed E-state index contributed by atoms with van der Waals surface area (Å²) >= 11 is 0. The number of aryl methyl sites for hydroxylation is 1. The predicted octanol–water partition coefficient (Wildman–Crippen LogP) is 1.49. The molecule has 1 aromatic carbocycles. The van der Waals surface area contributed by atoms with E-state index in [2.05, 4.69) is 15.0 Å². The monoisotopic (exact) mass is 306 g/mol. The van der Waals surface area contributed by atoms with Crippen LogP contribution in [-0.2, 0) is 16.6 Å². The highest BCUT2D eigenvalue weighted by atomic mass is 32.2. The first-order valence-electron chi connectivity index (χ1n) is 6.40. The summed E-state index contributed by atoms with van der Waals surface area (Å²) in [6.07, 6.45) is 3.50. The van der Waals surface area contributed by atoms with Crippen molar-refractivity contribution in [2.75, 3.05) is 18.1 Å². The molecule has 0 aliphatic carbocycles. The van der Waals surface area contributed by atoms with Crippen molar-refractivity contribution < 1.29 is 8.42 Å². The zero-order valence-corrected chi connectivity index (χ0v) is 12.7. The number of pyridine rings is 1. The van der Waals surface area contributed by atoms with Crippen LogP contribution < -0.4 is 15.8 Å². The standard InChI is InChI=1S/C14H18N4O2S/c1-10-5-6-17-8-11(10)9-18-14-7-12(3-4-13(14)15)21(19,20)16-2/h3-8,16,18H,9,15H2,1-2H3. The molecule has 0 saturated carbocycles. The average molecular weight is 306 g/mol. The van der Waals surface area contributed by atoms with Crippen LogP contribution in [0.4, 0.5) is 11.4 Å². The number of rotatable bonds is 5. The van der Waals surface area contributed by atoms with Crippen LogP contribution in [0.25, 0.3) is 0 Å². The Morgan fingerprint density at radius 1 is 1.29 bits per heavy atom. The number of nitrogens with one attached hydrogen (secondary N) is 2. The molecule has 112 valence electrons. The molecule has 6 nitrogen and oxygen atoms in total. The summed E-state index contributed by atoms with van der Waals surface area (Å²) in [5.74, 6) is 0. The van der Waals surface area contributed by atoms with E-state index in [-0.39, 0.29) is 4.90 Å². The molecule has 0 amide bonds. The summed E-state index contributed by atoms with van der Waals surface area (Å²) in [4.78, 5) is 4.24. The van der Waals surface area contributed by atoms with Gasteiger partial charge in [0.05, 0.1) is 16.3 Å². The second kappa shape index (κ2) is 6.11. The third kappa shape index (κ3) is 3.50.